The number of benzene rings is 1. The zero-order chi connectivity index (χ0) is 15.2. The van der Waals surface area contributed by atoms with Gasteiger partial charge in [0, 0.05) is 25.9 Å². The Kier molecular flexibility index (Phi) is 4.90. The summed E-state index contributed by atoms with van der Waals surface area (Å²) in [7, 11) is 1.60. The van der Waals surface area contributed by atoms with Gasteiger partial charge in [-0.1, -0.05) is 30.3 Å². The number of hydrogen-bond acceptors (Lipinski definition) is 3. The minimum atomic E-state index is -0.270. The van der Waals surface area contributed by atoms with Crippen molar-refractivity contribution in [3.63, 3.8) is 0 Å². The number of rotatable bonds is 5. The first-order valence-corrected chi connectivity index (χ1v) is 6.75. The number of aryl methyl sites for hydroxylation is 1. The first kappa shape index (κ1) is 15.0. The number of aromatic nitrogens is 1. The second kappa shape index (κ2) is 6.85. The van der Waals surface area contributed by atoms with Gasteiger partial charge in [0.2, 0.25) is 5.56 Å². The lowest BCUT2D eigenvalue weighted by Crippen LogP contribution is -2.30. The average molecular weight is 286 g/mol. The molecule has 0 saturated carbocycles. The number of carbonyl (C=O) groups excluding carboxylic acids is 1. The molecule has 1 aromatic carbocycles. The third-order valence-corrected chi connectivity index (χ3v) is 3.27. The van der Waals surface area contributed by atoms with Crippen LogP contribution in [0.4, 0.5) is 0 Å². The van der Waals surface area contributed by atoms with Crippen molar-refractivity contribution in [2.75, 3.05) is 6.61 Å². The zero-order valence-corrected chi connectivity index (χ0v) is 11.8. The van der Waals surface area contributed by atoms with Gasteiger partial charge in [-0.2, -0.15) is 0 Å². The molecule has 21 heavy (non-hydrogen) atoms. The van der Waals surface area contributed by atoms with Crippen LogP contribution in [-0.2, 0) is 7.05 Å². The Morgan fingerprint density at radius 2 is 1.95 bits per heavy atom. The quantitative estimate of drug-likeness (QED) is 0.868. The Labute approximate surface area is 122 Å². The first-order chi connectivity index (χ1) is 10.1. The fourth-order valence-corrected chi connectivity index (χ4v) is 2.11. The molecule has 0 saturated heterocycles. The number of pyridine rings is 1. The van der Waals surface area contributed by atoms with E-state index in [0.29, 0.717) is 12.0 Å². The minimum absolute atomic E-state index is 0.0207. The molecule has 0 spiro atoms. The maximum absolute atomic E-state index is 12.3. The number of aliphatic hydroxyl groups is 1. The van der Waals surface area contributed by atoms with Gasteiger partial charge < -0.3 is 15.0 Å². The van der Waals surface area contributed by atoms with Crippen molar-refractivity contribution >= 4 is 5.91 Å². The van der Waals surface area contributed by atoms with E-state index in [-0.39, 0.29) is 24.1 Å². The molecular weight excluding hydrogens is 268 g/mol. The van der Waals surface area contributed by atoms with E-state index in [1.807, 2.05) is 30.3 Å². The highest BCUT2D eigenvalue weighted by Crippen LogP contribution is 2.16. The molecule has 1 aromatic heterocycles. The third-order valence-electron chi connectivity index (χ3n) is 3.27. The van der Waals surface area contributed by atoms with Crippen LogP contribution in [0.2, 0.25) is 0 Å². The van der Waals surface area contributed by atoms with E-state index in [1.165, 1.54) is 22.9 Å². The van der Waals surface area contributed by atoms with Gasteiger partial charge in [-0.25, -0.2) is 0 Å². The molecule has 0 aliphatic rings. The SMILES string of the molecule is Cn1cc(C(=O)NC(CCO)c2ccccc2)ccc1=O. The minimum Gasteiger partial charge on any atom is -0.396 e. The molecule has 1 unspecified atom stereocenters. The van der Waals surface area contributed by atoms with Crippen LogP contribution in [0.3, 0.4) is 0 Å². The summed E-state index contributed by atoms with van der Waals surface area (Å²) in [6, 6.07) is 12.1. The number of nitrogens with zero attached hydrogens (tertiary/aromatic N) is 1. The predicted molar refractivity (Wildman–Crippen MR) is 80.0 cm³/mol. The highest BCUT2D eigenvalue weighted by Gasteiger charge is 2.15. The summed E-state index contributed by atoms with van der Waals surface area (Å²) in [5.74, 6) is -0.270. The molecule has 1 heterocycles. The molecule has 5 heteroatoms. The molecule has 2 N–H and O–H groups in total. The van der Waals surface area contributed by atoms with E-state index in [4.69, 9.17) is 5.11 Å². The van der Waals surface area contributed by atoms with Crippen LogP contribution in [0.5, 0.6) is 0 Å². The molecule has 1 amide bonds. The zero-order valence-electron chi connectivity index (χ0n) is 11.8. The van der Waals surface area contributed by atoms with E-state index in [2.05, 4.69) is 5.32 Å². The van der Waals surface area contributed by atoms with Crippen LogP contribution in [-0.4, -0.2) is 22.2 Å². The van der Waals surface area contributed by atoms with Gasteiger partial charge in [-0.05, 0) is 18.1 Å². The normalized spacial score (nSPS) is 11.9. The van der Waals surface area contributed by atoms with E-state index in [9.17, 15) is 9.59 Å². The highest BCUT2D eigenvalue weighted by atomic mass is 16.3. The van der Waals surface area contributed by atoms with Crippen molar-refractivity contribution < 1.29 is 9.90 Å². The molecule has 0 fully saturated rings. The third kappa shape index (κ3) is 3.79. The Morgan fingerprint density at radius 3 is 2.57 bits per heavy atom. The van der Waals surface area contributed by atoms with E-state index < -0.39 is 0 Å². The van der Waals surface area contributed by atoms with Crippen molar-refractivity contribution in [3.8, 4) is 0 Å². The second-order valence-electron chi connectivity index (χ2n) is 4.82. The summed E-state index contributed by atoms with van der Waals surface area (Å²) in [4.78, 5) is 23.6. The lowest BCUT2D eigenvalue weighted by Gasteiger charge is -2.18. The summed E-state index contributed by atoms with van der Waals surface area (Å²) in [5, 5.41) is 12.0. The molecular formula is C16H18N2O3. The van der Waals surface area contributed by atoms with Crippen LogP contribution >= 0.6 is 0 Å². The number of amides is 1. The molecule has 0 aliphatic heterocycles. The summed E-state index contributed by atoms with van der Waals surface area (Å²) in [5.41, 5.74) is 1.18. The summed E-state index contributed by atoms with van der Waals surface area (Å²) >= 11 is 0. The highest BCUT2D eigenvalue weighted by molar-refractivity contribution is 5.94. The van der Waals surface area contributed by atoms with Crippen molar-refractivity contribution in [1.29, 1.82) is 0 Å². The number of carbonyl (C=O) groups is 1. The molecule has 110 valence electrons. The summed E-state index contributed by atoms with van der Waals surface area (Å²) in [6.45, 7) is -0.0207. The van der Waals surface area contributed by atoms with Crippen LogP contribution in [0, 0.1) is 0 Å². The average Bonchev–Trinajstić information content (AvgIpc) is 2.50. The van der Waals surface area contributed by atoms with Gasteiger partial charge in [-0.15, -0.1) is 0 Å². The van der Waals surface area contributed by atoms with Gasteiger partial charge in [0.15, 0.2) is 0 Å². The fourth-order valence-electron chi connectivity index (χ4n) is 2.11. The van der Waals surface area contributed by atoms with Crippen molar-refractivity contribution in [3.05, 3.63) is 70.1 Å². The van der Waals surface area contributed by atoms with Crippen LogP contribution in [0.25, 0.3) is 0 Å². The fraction of sp³-hybridized carbons (Fsp3) is 0.250. The molecule has 1 atom stereocenters. The van der Waals surface area contributed by atoms with Crippen molar-refractivity contribution in [2.45, 2.75) is 12.5 Å². The van der Waals surface area contributed by atoms with E-state index in [0.717, 1.165) is 5.56 Å². The van der Waals surface area contributed by atoms with E-state index >= 15 is 0 Å². The predicted octanol–water partition coefficient (Wildman–Crippen LogP) is 1.24. The largest absolute Gasteiger partial charge is 0.396 e. The lowest BCUT2D eigenvalue weighted by molar-refractivity contribution is 0.0929. The Bertz CT molecular complexity index is 665. The Balaban J connectivity index is 2.18. The second-order valence-corrected chi connectivity index (χ2v) is 4.82. The molecule has 0 radical (unpaired) electrons. The lowest BCUT2D eigenvalue weighted by atomic mass is 10.0. The van der Waals surface area contributed by atoms with Crippen LogP contribution < -0.4 is 10.9 Å². The monoisotopic (exact) mass is 286 g/mol. The molecule has 2 rings (SSSR count). The van der Waals surface area contributed by atoms with Gasteiger partial charge in [0.1, 0.15) is 0 Å². The summed E-state index contributed by atoms with van der Waals surface area (Å²) in [6.07, 6.45) is 1.93. The number of aliphatic hydroxyl groups excluding tert-OH is 1. The maximum Gasteiger partial charge on any atom is 0.253 e. The van der Waals surface area contributed by atoms with Crippen LogP contribution in [0.1, 0.15) is 28.4 Å². The summed E-state index contributed by atoms with van der Waals surface area (Å²) < 4.78 is 1.36. The molecule has 5 nitrogen and oxygen atoms in total. The maximum atomic E-state index is 12.3. The first-order valence-electron chi connectivity index (χ1n) is 6.75. The van der Waals surface area contributed by atoms with Gasteiger partial charge in [0.25, 0.3) is 5.91 Å². The molecule has 0 aliphatic carbocycles. The van der Waals surface area contributed by atoms with Gasteiger partial charge in [-0.3, -0.25) is 9.59 Å². The van der Waals surface area contributed by atoms with Crippen LogP contribution in [0.15, 0.2) is 53.5 Å². The number of hydrogen-bond donors (Lipinski definition) is 2. The van der Waals surface area contributed by atoms with Gasteiger partial charge in [0.05, 0.1) is 11.6 Å². The van der Waals surface area contributed by atoms with Crippen molar-refractivity contribution in [2.24, 2.45) is 7.05 Å². The van der Waals surface area contributed by atoms with Gasteiger partial charge >= 0.3 is 0 Å². The molecule has 2 aromatic rings. The number of nitrogens with one attached hydrogen (secondary N) is 1. The molecule has 0 bridgehead atoms. The van der Waals surface area contributed by atoms with E-state index in [1.54, 1.807) is 7.05 Å². The topological polar surface area (TPSA) is 71.3 Å². The Morgan fingerprint density at radius 1 is 1.24 bits per heavy atom. The smallest absolute Gasteiger partial charge is 0.253 e. The Hall–Kier alpha value is -2.40. The standard InChI is InChI=1S/C16H18N2O3/c1-18-11-13(7-8-15(18)20)16(21)17-14(9-10-19)12-5-3-2-4-6-12/h2-8,11,14,19H,9-10H2,1H3,(H,17,21). The van der Waals surface area contributed by atoms with Crippen molar-refractivity contribution in [1.82, 2.24) is 9.88 Å².